The summed E-state index contributed by atoms with van der Waals surface area (Å²) in [5.74, 6) is 0.847. The Morgan fingerprint density at radius 3 is 3.14 bits per heavy atom. The first-order valence-electron chi connectivity index (χ1n) is 10.5. The Bertz CT molecular complexity index is 1040. The minimum Gasteiger partial charge on any atom is -0.332 e. The van der Waals surface area contributed by atoms with E-state index in [4.69, 9.17) is 4.98 Å². The number of amides is 1. The van der Waals surface area contributed by atoms with Gasteiger partial charge in [-0.15, -0.1) is 0 Å². The van der Waals surface area contributed by atoms with Crippen LogP contribution >= 0.6 is 0 Å². The van der Waals surface area contributed by atoms with Crippen LogP contribution in [0.4, 0.5) is 0 Å². The Hall–Kier alpha value is -2.80. The summed E-state index contributed by atoms with van der Waals surface area (Å²) in [6, 6.07) is 8.03. The van der Waals surface area contributed by atoms with Crippen LogP contribution in [0.3, 0.4) is 0 Å². The molecular weight excluding hydrogens is 364 g/mol. The number of nitrogens with one attached hydrogen (secondary N) is 1. The number of nitrogens with zero attached hydrogens (tertiary/aromatic N) is 5. The van der Waals surface area contributed by atoms with Crippen molar-refractivity contribution >= 4 is 16.9 Å². The maximum absolute atomic E-state index is 13.3. The summed E-state index contributed by atoms with van der Waals surface area (Å²) in [7, 11) is 0. The zero-order valence-electron chi connectivity index (χ0n) is 16.7. The predicted octanol–water partition coefficient (Wildman–Crippen LogP) is 2.47. The van der Waals surface area contributed by atoms with Gasteiger partial charge in [0.15, 0.2) is 5.82 Å². The lowest BCUT2D eigenvalue weighted by Gasteiger charge is -2.27. The van der Waals surface area contributed by atoms with Crippen molar-refractivity contribution in [3.05, 3.63) is 53.9 Å². The molecule has 1 fully saturated rings. The molecule has 0 aliphatic carbocycles. The molecule has 150 valence electrons. The maximum Gasteiger partial charge on any atom is 0.227 e. The number of carbonyl (C=O) groups is 1. The lowest BCUT2D eigenvalue weighted by Crippen LogP contribution is -2.37. The number of imidazole rings is 1. The molecule has 7 nitrogen and oxygen atoms in total. The zero-order valence-corrected chi connectivity index (χ0v) is 16.7. The molecule has 0 spiro atoms. The zero-order chi connectivity index (χ0) is 19.8. The summed E-state index contributed by atoms with van der Waals surface area (Å²) >= 11 is 0. The molecular formula is C22H26N6O. The van der Waals surface area contributed by atoms with Crippen molar-refractivity contribution in [2.45, 2.75) is 45.3 Å². The molecule has 2 atom stereocenters. The Labute approximate surface area is 170 Å². The van der Waals surface area contributed by atoms with Gasteiger partial charge in [-0.2, -0.15) is 0 Å². The summed E-state index contributed by atoms with van der Waals surface area (Å²) in [6.07, 6.45) is 6.63. The van der Waals surface area contributed by atoms with Gasteiger partial charge in [0.1, 0.15) is 0 Å². The summed E-state index contributed by atoms with van der Waals surface area (Å²) in [5, 5.41) is 3.35. The molecule has 1 saturated heterocycles. The van der Waals surface area contributed by atoms with Gasteiger partial charge in [-0.1, -0.05) is 19.1 Å². The molecule has 29 heavy (non-hydrogen) atoms. The number of likely N-dealkylation sites (tertiary alicyclic amines) is 1. The summed E-state index contributed by atoms with van der Waals surface area (Å²) in [5.41, 5.74) is 4.34. The highest BCUT2D eigenvalue weighted by molar-refractivity contribution is 5.80. The van der Waals surface area contributed by atoms with E-state index in [1.165, 1.54) is 5.56 Å². The Morgan fingerprint density at radius 2 is 2.21 bits per heavy atom. The van der Waals surface area contributed by atoms with E-state index in [0.29, 0.717) is 6.54 Å². The Kier molecular flexibility index (Phi) is 4.75. The smallest absolute Gasteiger partial charge is 0.227 e. The number of rotatable bonds is 4. The molecule has 5 rings (SSSR count). The molecule has 0 radical (unpaired) electrons. The molecule has 4 heterocycles. The first-order valence-corrected chi connectivity index (χ1v) is 10.5. The molecule has 7 heteroatoms. The average molecular weight is 390 g/mol. The first-order chi connectivity index (χ1) is 14.2. The van der Waals surface area contributed by atoms with E-state index in [1.54, 1.807) is 0 Å². The molecule has 2 aromatic heterocycles. The van der Waals surface area contributed by atoms with Crippen molar-refractivity contribution in [2.24, 2.45) is 5.92 Å². The highest BCUT2D eigenvalue weighted by Crippen LogP contribution is 2.32. The van der Waals surface area contributed by atoms with Crippen molar-refractivity contribution < 1.29 is 4.79 Å². The summed E-state index contributed by atoms with van der Waals surface area (Å²) in [6.45, 7) is 5.19. The van der Waals surface area contributed by atoms with Crippen molar-refractivity contribution in [3.63, 3.8) is 0 Å². The van der Waals surface area contributed by atoms with E-state index in [9.17, 15) is 4.79 Å². The quantitative estimate of drug-likeness (QED) is 0.741. The van der Waals surface area contributed by atoms with Crippen molar-refractivity contribution in [1.82, 2.24) is 29.7 Å². The van der Waals surface area contributed by atoms with Gasteiger partial charge in [0.2, 0.25) is 5.91 Å². The average Bonchev–Trinajstić information content (AvgIpc) is 3.40. The van der Waals surface area contributed by atoms with E-state index in [2.05, 4.69) is 19.9 Å². The molecule has 0 saturated carbocycles. The van der Waals surface area contributed by atoms with E-state index in [1.807, 2.05) is 48.6 Å². The molecule has 2 aliphatic heterocycles. The SMILES string of the molecule is C[C@@H](Cn1cnc2ccccc21)C(=O)N1CCC[C@H]1c1ncc2c(n1)CCNC2. The fraction of sp³-hybridized carbons (Fsp3) is 0.455. The number of aromatic nitrogens is 4. The first kappa shape index (κ1) is 18.2. The number of hydrogen-bond donors (Lipinski definition) is 1. The molecule has 0 bridgehead atoms. The van der Waals surface area contributed by atoms with Crippen LogP contribution in [-0.2, 0) is 24.3 Å². The third-order valence-electron chi connectivity index (χ3n) is 6.08. The standard InChI is InChI=1S/C22H26N6O/c1-15(13-27-14-25-18-5-2-3-6-19(18)27)22(29)28-10-4-7-20(28)21-24-12-16-11-23-9-8-17(16)26-21/h2-3,5-6,12,14-15,20,23H,4,7-11,13H2,1H3/t15-,20-/m0/s1. The second-order valence-corrected chi connectivity index (χ2v) is 8.10. The maximum atomic E-state index is 13.3. The fourth-order valence-corrected chi connectivity index (χ4v) is 4.52. The number of para-hydroxylation sites is 2. The van der Waals surface area contributed by atoms with Crippen LogP contribution in [-0.4, -0.2) is 43.4 Å². The molecule has 1 amide bonds. The Balaban J connectivity index is 1.34. The number of hydrogen-bond acceptors (Lipinski definition) is 5. The third-order valence-corrected chi connectivity index (χ3v) is 6.08. The topological polar surface area (TPSA) is 75.9 Å². The lowest BCUT2D eigenvalue weighted by atomic mass is 10.1. The summed E-state index contributed by atoms with van der Waals surface area (Å²) < 4.78 is 2.07. The molecule has 0 unspecified atom stereocenters. The molecule has 3 aromatic rings. The number of fused-ring (bicyclic) bond motifs is 2. The van der Waals surface area contributed by atoms with Gasteiger partial charge >= 0.3 is 0 Å². The normalized spacial score (nSPS) is 20.0. The Morgan fingerprint density at radius 1 is 1.31 bits per heavy atom. The van der Waals surface area contributed by atoms with Gasteiger partial charge in [0.05, 0.1) is 29.3 Å². The highest BCUT2D eigenvalue weighted by atomic mass is 16.2. The van der Waals surface area contributed by atoms with E-state index in [0.717, 1.165) is 61.4 Å². The van der Waals surface area contributed by atoms with Crippen LogP contribution in [0, 0.1) is 5.92 Å². The number of benzene rings is 1. The predicted molar refractivity (Wildman–Crippen MR) is 110 cm³/mol. The monoisotopic (exact) mass is 390 g/mol. The van der Waals surface area contributed by atoms with Crippen LogP contribution < -0.4 is 5.32 Å². The van der Waals surface area contributed by atoms with Crippen molar-refractivity contribution in [3.8, 4) is 0 Å². The van der Waals surface area contributed by atoms with Gasteiger partial charge in [-0.3, -0.25) is 4.79 Å². The third kappa shape index (κ3) is 3.40. The lowest BCUT2D eigenvalue weighted by molar-refractivity contribution is -0.136. The van der Waals surface area contributed by atoms with Gasteiger partial charge in [-0.25, -0.2) is 15.0 Å². The molecule has 1 aromatic carbocycles. The number of carbonyl (C=O) groups excluding carboxylic acids is 1. The minimum atomic E-state index is -0.130. The van der Waals surface area contributed by atoms with E-state index < -0.39 is 0 Å². The van der Waals surface area contributed by atoms with Crippen LogP contribution in [0.5, 0.6) is 0 Å². The fourth-order valence-electron chi connectivity index (χ4n) is 4.52. The van der Waals surface area contributed by atoms with Crippen molar-refractivity contribution in [2.75, 3.05) is 13.1 Å². The van der Waals surface area contributed by atoms with Crippen LogP contribution in [0.15, 0.2) is 36.8 Å². The van der Waals surface area contributed by atoms with Gasteiger partial charge in [0, 0.05) is 50.1 Å². The highest BCUT2D eigenvalue weighted by Gasteiger charge is 2.34. The summed E-state index contributed by atoms with van der Waals surface area (Å²) in [4.78, 5) is 29.2. The largest absolute Gasteiger partial charge is 0.332 e. The second-order valence-electron chi connectivity index (χ2n) is 8.10. The van der Waals surface area contributed by atoms with Crippen molar-refractivity contribution in [1.29, 1.82) is 0 Å². The van der Waals surface area contributed by atoms with Crippen LogP contribution in [0.2, 0.25) is 0 Å². The molecule has 2 aliphatic rings. The second kappa shape index (κ2) is 7.55. The van der Waals surface area contributed by atoms with Gasteiger partial charge in [0.25, 0.3) is 0 Å². The molecule has 1 N–H and O–H groups in total. The van der Waals surface area contributed by atoms with E-state index in [-0.39, 0.29) is 17.9 Å². The van der Waals surface area contributed by atoms with Crippen LogP contribution in [0.1, 0.15) is 42.9 Å². The minimum absolute atomic E-state index is 0.00957. The van der Waals surface area contributed by atoms with E-state index >= 15 is 0 Å². The van der Waals surface area contributed by atoms with Gasteiger partial charge in [-0.05, 0) is 25.0 Å². The van der Waals surface area contributed by atoms with Crippen LogP contribution in [0.25, 0.3) is 11.0 Å². The van der Waals surface area contributed by atoms with Gasteiger partial charge < -0.3 is 14.8 Å².